The Kier molecular flexibility index (Phi) is 3.47. The van der Waals surface area contributed by atoms with Crippen molar-refractivity contribution >= 4 is 11.7 Å². The van der Waals surface area contributed by atoms with Crippen LogP contribution in [0.15, 0.2) is 30.5 Å². The average Bonchev–Trinajstić information content (AvgIpc) is 2.82. The highest BCUT2D eigenvalue weighted by Gasteiger charge is 2.10. The van der Waals surface area contributed by atoms with Gasteiger partial charge in [0.15, 0.2) is 0 Å². The van der Waals surface area contributed by atoms with Crippen molar-refractivity contribution in [3.63, 3.8) is 0 Å². The Morgan fingerprint density at radius 3 is 3.06 bits per heavy atom. The monoisotopic (exact) mass is 246 g/mol. The molecule has 0 radical (unpaired) electrons. The maximum absolute atomic E-state index is 11.8. The lowest BCUT2D eigenvalue weighted by Gasteiger charge is -2.06. The minimum atomic E-state index is -0.260. The number of aromatic amines is 1. The third-order valence-electron chi connectivity index (χ3n) is 2.50. The molecule has 4 N–H and O–H groups in total. The molecule has 6 nitrogen and oxygen atoms in total. The lowest BCUT2D eigenvalue weighted by molar-refractivity contribution is 0.0952. The Morgan fingerprint density at radius 1 is 1.56 bits per heavy atom. The lowest BCUT2D eigenvalue weighted by atomic mass is 10.2. The van der Waals surface area contributed by atoms with E-state index in [4.69, 9.17) is 10.5 Å². The van der Waals surface area contributed by atoms with Crippen LogP contribution in [0.5, 0.6) is 5.75 Å². The van der Waals surface area contributed by atoms with Crippen molar-refractivity contribution in [3.8, 4) is 5.75 Å². The SMILES string of the molecule is COc1cccc(CNC(=O)c2cn[nH]c2N)c1. The zero-order valence-electron chi connectivity index (χ0n) is 9.93. The predicted octanol–water partition coefficient (Wildman–Crippen LogP) is 0.930. The van der Waals surface area contributed by atoms with Gasteiger partial charge in [0, 0.05) is 6.54 Å². The van der Waals surface area contributed by atoms with Crippen molar-refractivity contribution in [2.75, 3.05) is 12.8 Å². The fourth-order valence-corrected chi connectivity index (χ4v) is 1.54. The van der Waals surface area contributed by atoms with Gasteiger partial charge in [0.25, 0.3) is 5.91 Å². The molecule has 0 aliphatic rings. The lowest BCUT2D eigenvalue weighted by Crippen LogP contribution is -2.23. The van der Waals surface area contributed by atoms with Gasteiger partial charge in [0.05, 0.1) is 13.3 Å². The predicted molar refractivity (Wildman–Crippen MR) is 67.2 cm³/mol. The summed E-state index contributed by atoms with van der Waals surface area (Å²) in [5.74, 6) is 0.756. The normalized spacial score (nSPS) is 10.1. The number of aromatic nitrogens is 2. The number of H-pyrrole nitrogens is 1. The molecule has 2 aromatic rings. The van der Waals surface area contributed by atoms with Crippen LogP contribution in [-0.2, 0) is 6.54 Å². The average molecular weight is 246 g/mol. The number of nitrogens with two attached hydrogens (primary N) is 1. The first-order chi connectivity index (χ1) is 8.70. The van der Waals surface area contributed by atoms with Crippen LogP contribution in [0.2, 0.25) is 0 Å². The maximum Gasteiger partial charge on any atom is 0.256 e. The molecule has 0 aliphatic carbocycles. The van der Waals surface area contributed by atoms with E-state index in [1.54, 1.807) is 7.11 Å². The molecule has 94 valence electrons. The van der Waals surface area contributed by atoms with Gasteiger partial charge in [-0.2, -0.15) is 5.10 Å². The van der Waals surface area contributed by atoms with Crippen LogP contribution in [0.1, 0.15) is 15.9 Å². The summed E-state index contributed by atoms with van der Waals surface area (Å²) in [4.78, 5) is 11.8. The molecule has 18 heavy (non-hydrogen) atoms. The number of hydrogen-bond acceptors (Lipinski definition) is 4. The molecule has 6 heteroatoms. The Bertz CT molecular complexity index is 551. The van der Waals surface area contributed by atoms with Crippen molar-refractivity contribution in [3.05, 3.63) is 41.6 Å². The van der Waals surface area contributed by atoms with Gasteiger partial charge in [-0.05, 0) is 17.7 Å². The maximum atomic E-state index is 11.8. The zero-order valence-corrected chi connectivity index (χ0v) is 9.93. The minimum Gasteiger partial charge on any atom is -0.497 e. The molecule has 0 saturated heterocycles. The fraction of sp³-hybridized carbons (Fsp3) is 0.167. The van der Waals surface area contributed by atoms with Gasteiger partial charge in [-0.3, -0.25) is 9.89 Å². The zero-order chi connectivity index (χ0) is 13.0. The van der Waals surface area contributed by atoms with Gasteiger partial charge in [-0.25, -0.2) is 0 Å². The van der Waals surface area contributed by atoms with Crippen molar-refractivity contribution in [1.29, 1.82) is 0 Å². The first kappa shape index (κ1) is 12.0. The highest BCUT2D eigenvalue weighted by atomic mass is 16.5. The van der Waals surface area contributed by atoms with E-state index in [1.807, 2.05) is 24.3 Å². The van der Waals surface area contributed by atoms with Crippen molar-refractivity contribution in [2.45, 2.75) is 6.54 Å². The Labute approximate surface area is 104 Å². The topological polar surface area (TPSA) is 93.0 Å². The molecule has 1 heterocycles. The largest absolute Gasteiger partial charge is 0.497 e. The van der Waals surface area contributed by atoms with Crippen LogP contribution in [0.25, 0.3) is 0 Å². The van der Waals surface area contributed by atoms with Crippen LogP contribution < -0.4 is 15.8 Å². The quantitative estimate of drug-likeness (QED) is 0.748. The summed E-state index contributed by atoms with van der Waals surface area (Å²) in [6.45, 7) is 0.403. The van der Waals surface area contributed by atoms with Gasteiger partial charge >= 0.3 is 0 Å². The number of hydrogen-bond donors (Lipinski definition) is 3. The number of nitrogen functional groups attached to an aromatic ring is 1. The summed E-state index contributed by atoms with van der Waals surface area (Å²) in [5.41, 5.74) is 6.85. The van der Waals surface area contributed by atoms with E-state index in [9.17, 15) is 4.79 Å². The second-order valence-corrected chi connectivity index (χ2v) is 3.73. The summed E-state index contributed by atoms with van der Waals surface area (Å²) in [5, 5.41) is 8.97. The summed E-state index contributed by atoms with van der Waals surface area (Å²) < 4.78 is 5.11. The van der Waals surface area contributed by atoms with E-state index < -0.39 is 0 Å². The number of amides is 1. The highest BCUT2D eigenvalue weighted by Crippen LogP contribution is 2.12. The summed E-state index contributed by atoms with van der Waals surface area (Å²) in [6, 6.07) is 7.48. The highest BCUT2D eigenvalue weighted by molar-refractivity contribution is 5.97. The molecule has 0 saturated carbocycles. The Balaban J connectivity index is 1.99. The van der Waals surface area contributed by atoms with Gasteiger partial charge in [-0.1, -0.05) is 12.1 Å². The van der Waals surface area contributed by atoms with Crippen LogP contribution in [0, 0.1) is 0 Å². The number of nitrogens with one attached hydrogen (secondary N) is 2. The molecule has 2 rings (SSSR count). The number of benzene rings is 1. The fourth-order valence-electron chi connectivity index (χ4n) is 1.54. The number of anilines is 1. The summed E-state index contributed by atoms with van der Waals surface area (Å²) in [6.07, 6.45) is 1.40. The van der Waals surface area contributed by atoms with Gasteiger partial charge < -0.3 is 15.8 Å². The van der Waals surface area contributed by atoms with Crippen molar-refractivity contribution in [1.82, 2.24) is 15.5 Å². The number of carbonyl (C=O) groups excluding carboxylic acids is 1. The first-order valence-corrected chi connectivity index (χ1v) is 5.40. The minimum absolute atomic E-state index is 0.260. The van der Waals surface area contributed by atoms with Crippen LogP contribution in [-0.4, -0.2) is 23.2 Å². The van der Waals surface area contributed by atoms with E-state index in [1.165, 1.54) is 6.20 Å². The number of methoxy groups -OCH3 is 1. The Hall–Kier alpha value is -2.50. The molecule has 0 aliphatic heterocycles. The third-order valence-corrected chi connectivity index (χ3v) is 2.50. The first-order valence-electron chi connectivity index (χ1n) is 5.40. The molecule has 0 fully saturated rings. The molecule has 1 aromatic heterocycles. The Morgan fingerprint density at radius 2 is 2.39 bits per heavy atom. The molecule has 0 bridgehead atoms. The third kappa shape index (κ3) is 2.60. The molecule has 1 aromatic carbocycles. The van der Waals surface area contributed by atoms with Gasteiger partial charge in [0.2, 0.25) is 0 Å². The number of rotatable bonds is 4. The summed E-state index contributed by atoms with van der Waals surface area (Å²) >= 11 is 0. The van der Waals surface area contributed by atoms with E-state index in [0.29, 0.717) is 12.1 Å². The van der Waals surface area contributed by atoms with Crippen LogP contribution >= 0.6 is 0 Å². The number of ether oxygens (including phenoxy) is 1. The molecule has 1 amide bonds. The second-order valence-electron chi connectivity index (χ2n) is 3.73. The molecule has 0 spiro atoms. The molecular formula is C12H14N4O2. The van der Waals surface area contributed by atoms with Gasteiger partial charge in [-0.15, -0.1) is 0 Å². The molecule has 0 unspecified atom stereocenters. The van der Waals surface area contributed by atoms with E-state index in [-0.39, 0.29) is 11.7 Å². The molecule has 0 atom stereocenters. The molecular weight excluding hydrogens is 232 g/mol. The van der Waals surface area contributed by atoms with Crippen LogP contribution in [0.3, 0.4) is 0 Å². The smallest absolute Gasteiger partial charge is 0.256 e. The van der Waals surface area contributed by atoms with E-state index in [2.05, 4.69) is 15.5 Å². The van der Waals surface area contributed by atoms with E-state index in [0.717, 1.165) is 11.3 Å². The van der Waals surface area contributed by atoms with E-state index >= 15 is 0 Å². The van der Waals surface area contributed by atoms with Crippen LogP contribution in [0.4, 0.5) is 5.82 Å². The summed E-state index contributed by atoms with van der Waals surface area (Å²) in [7, 11) is 1.60. The van der Waals surface area contributed by atoms with Crippen molar-refractivity contribution < 1.29 is 9.53 Å². The standard InChI is InChI=1S/C12H14N4O2/c1-18-9-4-2-3-8(5-9)6-14-12(17)10-7-15-16-11(10)13/h2-5,7H,6H2,1H3,(H,14,17)(H3,13,15,16). The van der Waals surface area contributed by atoms with Gasteiger partial charge in [0.1, 0.15) is 17.1 Å². The second kappa shape index (κ2) is 5.22. The number of carbonyl (C=O) groups is 1. The number of nitrogens with zero attached hydrogens (tertiary/aromatic N) is 1. The van der Waals surface area contributed by atoms with Crippen molar-refractivity contribution in [2.24, 2.45) is 0 Å².